The predicted octanol–water partition coefficient (Wildman–Crippen LogP) is 4.18. The Morgan fingerprint density at radius 1 is 1.24 bits per heavy atom. The summed E-state index contributed by atoms with van der Waals surface area (Å²) in [5.41, 5.74) is 1.67. The van der Waals surface area contributed by atoms with Gasteiger partial charge >= 0.3 is 6.09 Å². The van der Waals surface area contributed by atoms with Gasteiger partial charge in [-0.15, -0.1) is 0 Å². The second-order valence-electron chi connectivity index (χ2n) is 8.09. The Morgan fingerprint density at radius 3 is 2.48 bits per heavy atom. The molecule has 25 heavy (non-hydrogen) atoms. The van der Waals surface area contributed by atoms with E-state index in [1.165, 1.54) is 12.1 Å². The number of ether oxygens (including phenoxy) is 1. The molecule has 134 valence electrons. The first kappa shape index (κ1) is 17.5. The Balaban J connectivity index is 1.90. The summed E-state index contributed by atoms with van der Waals surface area (Å²) >= 11 is 0. The molecular formula is C19H24FN3O2. The zero-order valence-corrected chi connectivity index (χ0v) is 15.3. The summed E-state index contributed by atoms with van der Waals surface area (Å²) in [4.78, 5) is 14.2. The lowest BCUT2D eigenvalue weighted by atomic mass is 10.0. The SMILES string of the molecule is CC(C)(C)OC(=O)N1Cc2cc(-c3ccc(F)cc3)nn2C(C)(C)C1. The quantitative estimate of drug-likeness (QED) is 0.779. The lowest BCUT2D eigenvalue weighted by Gasteiger charge is -2.39. The maximum atomic E-state index is 13.1. The van der Waals surface area contributed by atoms with Crippen molar-refractivity contribution >= 4 is 6.09 Å². The third-order valence-corrected chi connectivity index (χ3v) is 4.08. The lowest BCUT2D eigenvalue weighted by Crippen LogP contribution is -2.50. The van der Waals surface area contributed by atoms with Gasteiger partial charge in [0.2, 0.25) is 0 Å². The molecule has 6 heteroatoms. The standard InChI is InChI=1S/C19H24FN3O2/c1-18(2,3)25-17(24)22-11-15-10-16(13-6-8-14(20)9-7-13)21-23(15)19(4,5)12-22/h6-10H,11-12H2,1-5H3. The fourth-order valence-electron chi connectivity index (χ4n) is 3.06. The van der Waals surface area contributed by atoms with E-state index in [9.17, 15) is 9.18 Å². The molecule has 0 saturated heterocycles. The van der Waals surface area contributed by atoms with Crippen molar-refractivity contribution in [1.29, 1.82) is 0 Å². The molecule has 1 aliphatic rings. The molecule has 0 fully saturated rings. The van der Waals surface area contributed by atoms with Crippen LogP contribution in [-0.4, -0.2) is 32.9 Å². The van der Waals surface area contributed by atoms with E-state index in [-0.39, 0.29) is 17.4 Å². The van der Waals surface area contributed by atoms with Crippen LogP contribution in [0.1, 0.15) is 40.3 Å². The Bertz CT molecular complexity index is 788. The zero-order valence-electron chi connectivity index (χ0n) is 15.3. The van der Waals surface area contributed by atoms with Gasteiger partial charge in [0, 0.05) is 12.1 Å². The highest BCUT2D eigenvalue weighted by molar-refractivity contribution is 5.69. The third kappa shape index (κ3) is 3.67. The molecule has 0 spiro atoms. The molecule has 0 radical (unpaired) electrons. The van der Waals surface area contributed by atoms with Gasteiger partial charge < -0.3 is 4.74 Å². The zero-order chi connectivity index (χ0) is 18.4. The van der Waals surface area contributed by atoms with Crippen LogP contribution in [0.4, 0.5) is 9.18 Å². The van der Waals surface area contributed by atoms with Gasteiger partial charge in [-0.3, -0.25) is 9.58 Å². The number of benzene rings is 1. The Labute approximate surface area is 147 Å². The van der Waals surface area contributed by atoms with Crippen LogP contribution in [0.3, 0.4) is 0 Å². The van der Waals surface area contributed by atoms with Gasteiger partial charge in [0.05, 0.1) is 23.5 Å². The molecule has 0 unspecified atom stereocenters. The van der Waals surface area contributed by atoms with Gasteiger partial charge in [0.1, 0.15) is 11.4 Å². The molecule has 0 bridgehead atoms. The van der Waals surface area contributed by atoms with E-state index in [1.807, 2.05) is 45.4 Å². The second-order valence-corrected chi connectivity index (χ2v) is 8.09. The van der Waals surface area contributed by atoms with Crippen molar-refractivity contribution in [2.75, 3.05) is 6.54 Å². The minimum absolute atomic E-state index is 0.274. The summed E-state index contributed by atoms with van der Waals surface area (Å²) in [6.07, 6.45) is -0.323. The van der Waals surface area contributed by atoms with Crippen LogP contribution < -0.4 is 0 Å². The number of carbonyl (C=O) groups excluding carboxylic acids is 1. The lowest BCUT2D eigenvalue weighted by molar-refractivity contribution is 0.00911. The third-order valence-electron chi connectivity index (χ3n) is 4.08. The molecule has 0 atom stereocenters. The maximum Gasteiger partial charge on any atom is 0.410 e. The van der Waals surface area contributed by atoms with Gasteiger partial charge in [0.15, 0.2) is 0 Å². The fraction of sp³-hybridized carbons (Fsp3) is 0.474. The van der Waals surface area contributed by atoms with Crippen molar-refractivity contribution in [3.8, 4) is 11.3 Å². The van der Waals surface area contributed by atoms with E-state index in [4.69, 9.17) is 4.74 Å². The van der Waals surface area contributed by atoms with Crippen LogP contribution in [0.25, 0.3) is 11.3 Å². The minimum atomic E-state index is -0.530. The van der Waals surface area contributed by atoms with Gasteiger partial charge in [0.25, 0.3) is 0 Å². The number of carbonyl (C=O) groups is 1. The molecule has 1 aromatic carbocycles. The molecule has 0 saturated carbocycles. The molecule has 2 aromatic rings. The van der Waals surface area contributed by atoms with E-state index in [1.54, 1.807) is 17.0 Å². The van der Waals surface area contributed by atoms with E-state index in [0.29, 0.717) is 13.1 Å². The molecule has 3 rings (SSSR count). The monoisotopic (exact) mass is 345 g/mol. The first-order valence-electron chi connectivity index (χ1n) is 8.38. The Hall–Kier alpha value is -2.37. The molecular weight excluding hydrogens is 321 g/mol. The van der Waals surface area contributed by atoms with Crippen molar-refractivity contribution in [1.82, 2.24) is 14.7 Å². The van der Waals surface area contributed by atoms with Crippen molar-refractivity contribution < 1.29 is 13.9 Å². The molecule has 0 N–H and O–H groups in total. The first-order valence-corrected chi connectivity index (χ1v) is 8.38. The summed E-state index contributed by atoms with van der Waals surface area (Å²) in [7, 11) is 0. The van der Waals surface area contributed by atoms with Crippen molar-refractivity contribution in [3.05, 3.63) is 41.8 Å². The van der Waals surface area contributed by atoms with Gasteiger partial charge in [-0.05, 0) is 65.0 Å². The fourth-order valence-corrected chi connectivity index (χ4v) is 3.06. The van der Waals surface area contributed by atoms with Crippen molar-refractivity contribution in [2.45, 2.75) is 52.3 Å². The number of fused-ring (bicyclic) bond motifs is 1. The largest absolute Gasteiger partial charge is 0.444 e. The summed E-state index contributed by atoms with van der Waals surface area (Å²) in [5.74, 6) is -0.274. The minimum Gasteiger partial charge on any atom is -0.444 e. The Kier molecular flexibility index (Phi) is 4.09. The average molecular weight is 345 g/mol. The highest BCUT2D eigenvalue weighted by Crippen LogP contribution is 2.30. The summed E-state index contributed by atoms with van der Waals surface area (Å²) in [6.45, 7) is 10.6. The van der Waals surface area contributed by atoms with Crippen LogP contribution in [0.15, 0.2) is 30.3 Å². The smallest absolute Gasteiger partial charge is 0.410 e. The molecule has 1 aliphatic heterocycles. The number of amides is 1. The normalized spacial score (nSPS) is 16.5. The van der Waals surface area contributed by atoms with Gasteiger partial charge in [-0.2, -0.15) is 5.10 Å². The highest BCUT2D eigenvalue weighted by Gasteiger charge is 2.36. The van der Waals surface area contributed by atoms with Crippen molar-refractivity contribution in [3.63, 3.8) is 0 Å². The van der Waals surface area contributed by atoms with E-state index in [0.717, 1.165) is 17.0 Å². The van der Waals surface area contributed by atoms with E-state index >= 15 is 0 Å². The maximum absolute atomic E-state index is 13.1. The number of nitrogens with zero attached hydrogens (tertiary/aromatic N) is 3. The number of rotatable bonds is 1. The molecule has 2 heterocycles. The highest BCUT2D eigenvalue weighted by atomic mass is 19.1. The Morgan fingerprint density at radius 2 is 1.88 bits per heavy atom. The number of halogens is 1. The van der Waals surface area contributed by atoms with E-state index in [2.05, 4.69) is 5.10 Å². The first-order chi connectivity index (χ1) is 11.5. The van der Waals surface area contributed by atoms with Crippen molar-refractivity contribution in [2.24, 2.45) is 0 Å². The molecule has 1 aromatic heterocycles. The average Bonchev–Trinajstić information content (AvgIpc) is 2.90. The second kappa shape index (κ2) is 5.86. The van der Waals surface area contributed by atoms with Crippen LogP contribution >= 0.6 is 0 Å². The summed E-state index contributed by atoms with van der Waals surface area (Å²) < 4.78 is 20.6. The molecule has 5 nitrogen and oxygen atoms in total. The van der Waals surface area contributed by atoms with E-state index < -0.39 is 5.60 Å². The number of hydrogen-bond donors (Lipinski definition) is 0. The topological polar surface area (TPSA) is 47.4 Å². The van der Waals surface area contributed by atoms with Crippen LogP contribution in [0.2, 0.25) is 0 Å². The van der Waals surface area contributed by atoms with Crippen LogP contribution in [-0.2, 0) is 16.8 Å². The number of hydrogen-bond acceptors (Lipinski definition) is 3. The number of aromatic nitrogens is 2. The summed E-state index contributed by atoms with van der Waals surface area (Å²) in [6, 6.07) is 8.22. The van der Waals surface area contributed by atoms with Gasteiger partial charge in [-0.1, -0.05) is 0 Å². The molecule has 0 aliphatic carbocycles. The van der Waals surface area contributed by atoms with Crippen LogP contribution in [0, 0.1) is 5.82 Å². The summed E-state index contributed by atoms with van der Waals surface area (Å²) in [5, 5.41) is 4.69. The van der Waals surface area contributed by atoms with Crippen LogP contribution in [0.5, 0.6) is 0 Å². The molecule has 1 amide bonds. The predicted molar refractivity (Wildman–Crippen MR) is 93.6 cm³/mol. The van der Waals surface area contributed by atoms with Gasteiger partial charge in [-0.25, -0.2) is 9.18 Å².